The zero-order chi connectivity index (χ0) is 22.6. The molecule has 33 heavy (non-hydrogen) atoms. The van der Waals surface area contributed by atoms with Crippen LogP contribution in [-0.4, -0.2) is 34.5 Å². The van der Waals surface area contributed by atoms with Gasteiger partial charge in [-0.2, -0.15) is 0 Å². The molecule has 0 bridgehead atoms. The van der Waals surface area contributed by atoms with Crippen molar-refractivity contribution < 1.29 is 13.9 Å². The van der Waals surface area contributed by atoms with Gasteiger partial charge in [0.15, 0.2) is 5.58 Å². The van der Waals surface area contributed by atoms with Crippen LogP contribution in [0.15, 0.2) is 41.1 Å². The second-order valence-corrected chi connectivity index (χ2v) is 9.03. The molecule has 8 nitrogen and oxygen atoms in total. The third-order valence-electron chi connectivity index (χ3n) is 6.66. The molecule has 2 aliphatic rings. The zero-order valence-corrected chi connectivity index (χ0v) is 18.6. The highest BCUT2D eigenvalue weighted by molar-refractivity contribution is 6.03. The topological polar surface area (TPSA) is 102 Å². The van der Waals surface area contributed by atoms with Crippen LogP contribution in [0.5, 0.6) is 0 Å². The molecule has 0 radical (unpaired) electrons. The molecule has 4 heterocycles. The molecular weight excluding hydrogens is 418 g/mol. The standard InChI is InChI=1S/C25H25N5O3/c1-25(8-3-9-32-25)15-6-7-20-19(10-15)29-24(33-20)18-13-28-22(26-2)17-12-27-21(11-16(17)18)30-23(31)14-4-5-14/h6-7,10-14H,3-5,8-9H2,1-2H3,(H,26,28)(H,27,30,31). The first-order chi connectivity index (χ1) is 16.0. The van der Waals surface area contributed by atoms with E-state index in [9.17, 15) is 4.79 Å². The minimum absolute atomic E-state index is 0.0170. The Morgan fingerprint density at radius 1 is 1.15 bits per heavy atom. The van der Waals surface area contributed by atoms with Crippen LogP contribution in [0, 0.1) is 5.92 Å². The Bertz CT molecular complexity index is 1390. The number of anilines is 2. The van der Waals surface area contributed by atoms with Gasteiger partial charge in [-0.05, 0) is 56.4 Å². The predicted octanol–water partition coefficient (Wildman–Crippen LogP) is 4.85. The van der Waals surface area contributed by atoms with E-state index < -0.39 is 0 Å². The lowest BCUT2D eigenvalue weighted by Crippen LogP contribution is -2.19. The Kier molecular flexibility index (Phi) is 4.58. The van der Waals surface area contributed by atoms with Crippen molar-refractivity contribution in [1.82, 2.24) is 15.0 Å². The number of amides is 1. The summed E-state index contributed by atoms with van der Waals surface area (Å²) in [4.78, 5) is 26.0. The average molecular weight is 444 g/mol. The van der Waals surface area contributed by atoms with Gasteiger partial charge in [0.05, 0.1) is 11.2 Å². The summed E-state index contributed by atoms with van der Waals surface area (Å²) in [6.45, 7) is 2.91. The molecule has 2 fully saturated rings. The van der Waals surface area contributed by atoms with Crippen molar-refractivity contribution >= 4 is 39.4 Å². The van der Waals surface area contributed by atoms with E-state index in [4.69, 9.17) is 14.1 Å². The number of pyridine rings is 2. The lowest BCUT2D eigenvalue weighted by Gasteiger charge is -2.23. The van der Waals surface area contributed by atoms with Gasteiger partial charge in [-0.1, -0.05) is 6.07 Å². The van der Waals surface area contributed by atoms with Crippen molar-refractivity contribution in [1.29, 1.82) is 0 Å². The van der Waals surface area contributed by atoms with Crippen LogP contribution >= 0.6 is 0 Å². The maximum Gasteiger partial charge on any atom is 0.229 e. The van der Waals surface area contributed by atoms with Gasteiger partial charge in [-0.3, -0.25) is 4.79 Å². The highest BCUT2D eigenvalue weighted by atomic mass is 16.5. The number of carbonyl (C=O) groups excluding carboxylic acids is 1. The van der Waals surface area contributed by atoms with E-state index in [1.807, 2.05) is 25.2 Å². The van der Waals surface area contributed by atoms with Crippen molar-refractivity contribution in [2.75, 3.05) is 24.3 Å². The normalized spacial score (nSPS) is 20.4. The number of aromatic nitrogens is 3. The first kappa shape index (κ1) is 20.1. The number of oxazole rings is 1. The maximum atomic E-state index is 12.3. The molecule has 1 saturated heterocycles. The lowest BCUT2D eigenvalue weighted by atomic mass is 9.93. The molecule has 1 aliphatic carbocycles. The third kappa shape index (κ3) is 3.51. The summed E-state index contributed by atoms with van der Waals surface area (Å²) in [5.74, 6) is 1.81. The molecule has 1 unspecified atom stereocenters. The van der Waals surface area contributed by atoms with E-state index in [0.717, 1.165) is 59.7 Å². The number of hydrogen-bond acceptors (Lipinski definition) is 7. The van der Waals surface area contributed by atoms with Crippen molar-refractivity contribution in [2.24, 2.45) is 5.92 Å². The van der Waals surface area contributed by atoms with Crippen LogP contribution in [0.2, 0.25) is 0 Å². The monoisotopic (exact) mass is 443 g/mol. The number of ether oxygens (including phenoxy) is 1. The minimum Gasteiger partial charge on any atom is -0.436 e. The van der Waals surface area contributed by atoms with E-state index in [0.29, 0.717) is 23.1 Å². The van der Waals surface area contributed by atoms with Crippen molar-refractivity contribution in [2.45, 2.75) is 38.2 Å². The molecule has 0 spiro atoms. The summed E-state index contributed by atoms with van der Waals surface area (Å²) in [6.07, 6.45) is 7.39. The number of fused-ring (bicyclic) bond motifs is 2. The molecule has 3 aromatic heterocycles. The average Bonchev–Trinajstić information content (AvgIpc) is 3.45. The van der Waals surface area contributed by atoms with E-state index in [1.165, 1.54) is 0 Å². The van der Waals surface area contributed by atoms with E-state index in [1.54, 1.807) is 12.4 Å². The second-order valence-electron chi connectivity index (χ2n) is 9.03. The molecule has 1 amide bonds. The number of carbonyl (C=O) groups is 1. The Hall–Kier alpha value is -3.52. The summed E-state index contributed by atoms with van der Waals surface area (Å²) in [5.41, 5.74) is 3.06. The molecule has 168 valence electrons. The molecule has 8 heteroatoms. The summed E-state index contributed by atoms with van der Waals surface area (Å²) in [5, 5.41) is 7.71. The molecule has 2 N–H and O–H groups in total. The number of hydrogen-bond donors (Lipinski definition) is 2. The van der Waals surface area contributed by atoms with E-state index >= 15 is 0 Å². The van der Waals surface area contributed by atoms with Crippen molar-refractivity contribution in [3.8, 4) is 11.5 Å². The zero-order valence-electron chi connectivity index (χ0n) is 18.6. The van der Waals surface area contributed by atoms with Gasteiger partial charge in [-0.25, -0.2) is 15.0 Å². The van der Waals surface area contributed by atoms with Gasteiger partial charge >= 0.3 is 0 Å². The Balaban J connectivity index is 1.44. The minimum atomic E-state index is -0.281. The van der Waals surface area contributed by atoms with Gasteiger partial charge in [0.25, 0.3) is 0 Å². The van der Waals surface area contributed by atoms with Gasteiger partial charge in [0.1, 0.15) is 17.2 Å². The summed E-state index contributed by atoms with van der Waals surface area (Å²) in [6, 6.07) is 7.92. The van der Waals surface area contributed by atoms with Crippen LogP contribution in [0.25, 0.3) is 33.3 Å². The molecular formula is C25H25N5O3. The van der Waals surface area contributed by atoms with Crippen LogP contribution < -0.4 is 10.6 Å². The van der Waals surface area contributed by atoms with Crippen LogP contribution in [0.1, 0.15) is 38.2 Å². The van der Waals surface area contributed by atoms with E-state index in [-0.39, 0.29) is 17.4 Å². The smallest absolute Gasteiger partial charge is 0.229 e. The van der Waals surface area contributed by atoms with Gasteiger partial charge in [0.2, 0.25) is 11.8 Å². The third-order valence-corrected chi connectivity index (χ3v) is 6.66. The fourth-order valence-electron chi connectivity index (χ4n) is 4.53. The van der Waals surface area contributed by atoms with Crippen molar-refractivity contribution in [3.05, 3.63) is 42.2 Å². The lowest BCUT2D eigenvalue weighted by molar-refractivity contribution is -0.117. The van der Waals surface area contributed by atoms with Crippen molar-refractivity contribution in [3.63, 3.8) is 0 Å². The van der Waals surface area contributed by atoms with Gasteiger partial charge in [0, 0.05) is 42.7 Å². The van der Waals surface area contributed by atoms with E-state index in [2.05, 4.69) is 33.6 Å². The second kappa shape index (κ2) is 7.52. The summed E-state index contributed by atoms with van der Waals surface area (Å²) < 4.78 is 12.1. The first-order valence-electron chi connectivity index (χ1n) is 11.4. The molecule has 1 aliphatic heterocycles. The quantitative estimate of drug-likeness (QED) is 0.454. The highest BCUT2D eigenvalue weighted by Crippen LogP contribution is 2.38. The largest absolute Gasteiger partial charge is 0.436 e. The highest BCUT2D eigenvalue weighted by Gasteiger charge is 2.32. The molecule has 1 atom stereocenters. The molecule has 1 saturated carbocycles. The Labute approximate surface area is 190 Å². The predicted molar refractivity (Wildman–Crippen MR) is 126 cm³/mol. The number of benzene rings is 1. The van der Waals surface area contributed by atoms with Crippen LogP contribution in [-0.2, 0) is 15.1 Å². The SMILES string of the molecule is CNc1ncc(-c2nc3cc(C4(C)CCCO4)ccc3o2)c2cc(NC(=O)C3CC3)ncc12. The summed E-state index contributed by atoms with van der Waals surface area (Å²) >= 11 is 0. The molecule has 6 rings (SSSR count). The first-order valence-corrected chi connectivity index (χ1v) is 11.4. The Morgan fingerprint density at radius 2 is 2.03 bits per heavy atom. The van der Waals surface area contributed by atoms with Crippen LogP contribution in [0.4, 0.5) is 11.6 Å². The summed E-state index contributed by atoms with van der Waals surface area (Å²) in [7, 11) is 1.82. The van der Waals surface area contributed by atoms with Gasteiger partial charge in [-0.15, -0.1) is 0 Å². The number of nitrogens with zero attached hydrogens (tertiary/aromatic N) is 3. The van der Waals surface area contributed by atoms with Gasteiger partial charge < -0.3 is 19.8 Å². The maximum absolute atomic E-state index is 12.3. The number of nitrogens with one attached hydrogen (secondary N) is 2. The molecule has 1 aromatic carbocycles. The molecule has 4 aromatic rings. The fraction of sp³-hybridized carbons (Fsp3) is 0.360. The van der Waals surface area contributed by atoms with Crippen LogP contribution in [0.3, 0.4) is 0 Å². The fourth-order valence-corrected chi connectivity index (χ4v) is 4.53. The Morgan fingerprint density at radius 3 is 2.79 bits per heavy atom. The number of rotatable bonds is 5.